The van der Waals surface area contributed by atoms with Crippen molar-refractivity contribution >= 4 is 22.2 Å². The maximum absolute atomic E-state index is 4.85. The van der Waals surface area contributed by atoms with Crippen molar-refractivity contribution in [2.75, 3.05) is 0 Å². The number of aromatic amines is 1. The Morgan fingerprint density at radius 3 is 1.52 bits per heavy atom. The molecule has 1 heterocycles. The normalized spacial score (nSPS) is 26.1. The summed E-state index contributed by atoms with van der Waals surface area (Å²) in [5.74, 6) is 0. The van der Waals surface area contributed by atoms with Crippen LogP contribution in [0, 0.1) is 0 Å². The molecule has 0 radical (unpaired) electrons. The number of hydrogen-bond donors (Lipinski definition) is 1. The second-order valence-corrected chi connectivity index (χ2v) is 21.3. The fourth-order valence-corrected chi connectivity index (χ4v) is 28.2. The van der Waals surface area contributed by atoms with Gasteiger partial charge in [0.25, 0.3) is 0 Å². The first-order valence-electron chi connectivity index (χ1n) is 9.28. The van der Waals surface area contributed by atoms with E-state index in [-0.39, 0.29) is 0 Å². The van der Waals surface area contributed by atoms with Gasteiger partial charge in [0.2, 0.25) is 0 Å². The minimum absolute atomic E-state index is 1.06. The van der Waals surface area contributed by atoms with Crippen LogP contribution in [-0.2, 0) is 0 Å². The van der Waals surface area contributed by atoms with Gasteiger partial charge in [0.1, 0.15) is 0 Å². The first kappa shape index (κ1) is 14.5. The Morgan fingerprint density at radius 1 is 0.762 bits per heavy atom. The second kappa shape index (κ2) is 6.21. The molecule has 116 valence electrons. The van der Waals surface area contributed by atoms with Crippen LogP contribution in [0.15, 0.2) is 6.33 Å². The first-order valence-corrected chi connectivity index (χ1v) is 15.7. The molecular formula is C17H29N3Sn. The van der Waals surface area contributed by atoms with Crippen LogP contribution in [0.25, 0.3) is 0 Å². The van der Waals surface area contributed by atoms with E-state index in [1.165, 1.54) is 80.9 Å². The van der Waals surface area contributed by atoms with E-state index in [1.807, 2.05) is 6.33 Å². The Balaban J connectivity index is 1.80. The van der Waals surface area contributed by atoms with Crippen molar-refractivity contribution in [2.24, 2.45) is 0 Å². The standard InChI is InChI=1S/3C5H9.C2H2N3.Sn/c3*1-2-4-5-3-1;1-3-2-5-4-1;/h3*1H,2-5H2;1H,(H,3,4,5);. The zero-order valence-electron chi connectivity index (χ0n) is 13.2. The summed E-state index contributed by atoms with van der Waals surface area (Å²) < 4.78 is 4.57. The summed E-state index contributed by atoms with van der Waals surface area (Å²) >= 11 is -2.54. The molecule has 0 amide bonds. The van der Waals surface area contributed by atoms with Crippen molar-refractivity contribution in [3.8, 4) is 0 Å². The molecule has 4 heteroatoms. The monoisotopic (exact) mass is 395 g/mol. The Kier molecular flexibility index (Phi) is 4.29. The number of hydrogen-bond acceptors (Lipinski definition) is 2. The third kappa shape index (κ3) is 2.38. The Morgan fingerprint density at radius 2 is 1.19 bits per heavy atom. The molecule has 1 aromatic heterocycles. The van der Waals surface area contributed by atoms with E-state index in [2.05, 4.69) is 5.10 Å². The molecule has 0 spiro atoms. The number of nitrogens with zero attached hydrogens (tertiary/aromatic N) is 2. The summed E-state index contributed by atoms with van der Waals surface area (Å²) in [5, 5.41) is 7.88. The van der Waals surface area contributed by atoms with Gasteiger partial charge in [-0.05, 0) is 0 Å². The molecule has 3 nitrogen and oxygen atoms in total. The van der Waals surface area contributed by atoms with Gasteiger partial charge in [0.15, 0.2) is 0 Å². The number of rotatable bonds is 4. The molecule has 1 N–H and O–H groups in total. The molecule has 3 saturated carbocycles. The first-order chi connectivity index (χ1) is 10.4. The fraction of sp³-hybridized carbons (Fsp3) is 0.882. The minimum atomic E-state index is -2.54. The topological polar surface area (TPSA) is 41.6 Å². The van der Waals surface area contributed by atoms with E-state index >= 15 is 0 Å². The Labute approximate surface area is 132 Å². The van der Waals surface area contributed by atoms with Crippen LogP contribution in [0.1, 0.15) is 77.0 Å². The predicted molar refractivity (Wildman–Crippen MR) is 88.4 cm³/mol. The quantitative estimate of drug-likeness (QED) is 0.775. The van der Waals surface area contributed by atoms with Crippen LogP contribution < -0.4 is 3.84 Å². The van der Waals surface area contributed by atoms with Crippen molar-refractivity contribution in [1.29, 1.82) is 0 Å². The molecule has 3 aliphatic rings. The van der Waals surface area contributed by atoms with Crippen LogP contribution >= 0.6 is 0 Å². The molecule has 0 aromatic carbocycles. The Hall–Kier alpha value is -0.0613. The molecule has 0 saturated heterocycles. The molecule has 0 bridgehead atoms. The van der Waals surface area contributed by atoms with Gasteiger partial charge in [-0.15, -0.1) is 0 Å². The van der Waals surface area contributed by atoms with Gasteiger partial charge in [0, 0.05) is 0 Å². The van der Waals surface area contributed by atoms with E-state index in [0.717, 1.165) is 11.8 Å². The van der Waals surface area contributed by atoms with Gasteiger partial charge in [-0.25, -0.2) is 0 Å². The summed E-state index contributed by atoms with van der Waals surface area (Å²) in [6, 6.07) is 0. The average molecular weight is 394 g/mol. The predicted octanol–water partition coefficient (Wildman–Crippen LogP) is 4.29. The van der Waals surface area contributed by atoms with Crippen LogP contribution in [0.2, 0.25) is 11.8 Å². The van der Waals surface area contributed by atoms with Gasteiger partial charge in [-0.1, -0.05) is 0 Å². The molecule has 21 heavy (non-hydrogen) atoms. The molecule has 0 aliphatic heterocycles. The summed E-state index contributed by atoms with van der Waals surface area (Å²) in [6.45, 7) is 0. The van der Waals surface area contributed by atoms with E-state index in [1.54, 1.807) is 0 Å². The van der Waals surface area contributed by atoms with Crippen LogP contribution in [0.5, 0.6) is 0 Å². The third-order valence-electron chi connectivity index (χ3n) is 6.89. The molecule has 0 unspecified atom stereocenters. The number of nitrogens with one attached hydrogen (secondary N) is 1. The molecule has 1 aromatic rings. The third-order valence-corrected chi connectivity index (χ3v) is 26.3. The molecule has 4 rings (SSSR count). The summed E-state index contributed by atoms with van der Waals surface area (Å²) in [4.78, 5) is 4.85. The van der Waals surface area contributed by atoms with E-state index < -0.39 is 18.4 Å². The summed E-state index contributed by atoms with van der Waals surface area (Å²) in [5.41, 5.74) is 0. The van der Waals surface area contributed by atoms with E-state index in [4.69, 9.17) is 10.1 Å². The van der Waals surface area contributed by atoms with Gasteiger partial charge in [-0.2, -0.15) is 0 Å². The molecule has 0 atom stereocenters. The van der Waals surface area contributed by atoms with Gasteiger partial charge < -0.3 is 0 Å². The number of aromatic nitrogens is 3. The van der Waals surface area contributed by atoms with Gasteiger partial charge >= 0.3 is 133 Å². The van der Waals surface area contributed by atoms with Crippen molar-refractivity contribution in [1.82, 2.24) is 15.2 Å². The second-order valence-electron chi connectivity index (χ2n) is 7.70. The van der Waals surface area contributed by atoms with Gasteiger partial charge in [-0.3, -0.25) is 0 Å². The van der Waals surface area contributed by atoms with Crippen molar-refractivity contribution in [3.05, 3.63) is 6.33 Å². The van der Waals surface area contributed by atoms with E-state index in [0.29, 0.717) is 0 Å². The van der Waals surface area contributed by atoms with Crippen molar-refractivity contribution < 1.29 is 0 Å². The zero-order valence-corrected chi connectivity index (χ0v) is 16.0. The van der Waals surface area contributed by atoms with Crippen LogP contribution in [-0.4, -0.2) is 33.6 Å². The van der Waals surface area contributed by atoms with Crippen molar-refractivity contribution in [2.45, 2.75) is 88.9 Å². The number of H-pyrrole nitrogens is 1. The average Bonchev–Trinajstić information content (AvgIpc) is 3.32. The van der Waals surface area contributed by atoms with Gasteiger partial charge in [0.05, 0.1) is 0 Å². The molecule has 3 aliphatic carbocycles. The van der Waals surface area contributed by atoms with E-state index in [9.17, 15) is 0 Å². The Bertz CT molecular complexity index is 400. The maximum atomic E-state index is 4.85. The van der Waals surface area contributed by atoms with Crippen LogP contribution in [0.3, 0.4) is 0 Å². The summed E-state index contributed by atoms with van der Waals surface area (Å²) in [6.07, 6.45) is 19.8. The van der Waals surface area contributed by atoms with Crippen molar-refractivity contribution in [3.63, 3.8) is 0 Å². The molecular weight excluding hydrogens is 365 g/mol. The fourth-order valence-electron chi connectivity index (χ4n) is 6.18. The SMILES string of the molecule is c1n[c]([Sn]([CH]2CCCC2)([CH]2CCCC2)[CH]2CCCC2)n[nH]1. The molecule has 3 fully saturated rings. The zero-order chi connectivity index (χ0) is 14.1. The summed E-state index contributed by atoms with van der Waals surface area (Å²) in [7, 11) is 0. The van der Waals surface area contributed by atoms with Crippen LogP contribution in [0.4, 0.5) is 0 Å².